The average molecular weight is 246 g/mol. The summed E-state index contributed by atoms with van der Waals surface area (Å²) in [4.78, 5) is 15.4. The van der Waals surface area contributed by atoms with E-state index in [2.05, 4.69) is 11.9 Å². The molecule has 1 rings (SSSR count). The summed E-state index contributed by atoms with van der Waals surface area (Å²) < 4.78 is 5.09. The maximum absolute atomic E-state index is 11.2. The number of ether oxygens (including phenoxy) is 1. The number of amides is 1. The Bertz CT molecular complexity index is 186. The van der Waals surface area contributed by atoms with Crippen molar-refractivity contribution in [1.29, 1.82) is 0 Å². The van der Waals surface area contributed by atoms with E-state index >= 15 is 0 Å². The van der Waals surface area contributed by atoms with E-state index in [-0.39, 0.29) is 11.9 Å². The third-order valence-electron chi connectivity index (χ3n) is 2.45. The highest BCUT2D eigenvalue weighted by Crippen LogP contribution is 2.08. The Labute approximate surface area is 107 Å². The number of carbonyl (C=O) groups is 1. The van der Waals surface area contributed by atoms with Gasteiger partial charge in [-0.3, -0.25) is 4.79 Å². The van der Waals surface area contributed by atoms with E-state index in [0.717, 1.165) is 19.6 Å². The molecule has 0 saturated carbocycles. The van der Waals surface area contributed by atoms with Gasteiger partial charge in [-0.25, -0.2) is 0 Å². The molecule has 1 aliphatic rings. The van der Waals surface area contributed by atoms with Crippen molar-refractivity contribution < 1.29 is 9.53 Å². The van der Waals surface area contributed by atoms with Crippen molar-refractivity contribution in [3.05, 3.63) is 0 Å². The van der Waals surface area contributed by atoms with Crippen LogP contribution in [-0.2, 0) is 9.53 Å². The van der Waals surface area contributed by atoms with Gasteiger partial charge >= 0.3 is 0 Å². The molecule has 104 valence electrons. The molecule has 0 aromatic heterocycles. The normalized spacial score (nSPS) is 19.7. The standard InChI is InChI=1S/C9H18N2O2.2C2H6/c1-8(12)11-5-4-10(2)6-9(11)7-13-3;2*1-2/h9H,4-7H2,1-3H3;2*1-2H3. The van der Waals surface area contributed by atoms with Crippen LogP contribution < -0.4 is 0 Å². The van der Waals surface area contributed by atoms with Gasteiger partial charge in [-0.15, -0.1) is 0 Å². The number of nitrogens with zero attached hydrogens (tertiary/aromatic N) is 2. The minimum Gasteiger partial charge on any atom is -0.382 e. The summed E-state index contributed by atoms with van der Waals surface area (Å²) in [5.41, 5.74) is 0. The van der Waals surface area contributed by atoms with Crippen LogP contribution in [0.5, 0.6) is 0 Å². The number of hydrogen-bond acceptors (Lipinski definition) is 3. The molecule has 1 heterocycles. The van der Waals surface area contributed by atoms with Crippen molar-refractivity contribution in [2.24, 2.45) is 0 Å². The third kappa shape index (κ3) is 7.34. The van der Waals surface area contributed by atoms with E-state index in [0.29, 0.717) is 6.61 Å². The fraction of sp³-hybridized carbons (Fsp3) is 0.923. The van der Waals surface area contributed by atoms with E-state index in [9.17, 15) is 4.79 Å². The van der Waals surface area contributed by atoms with Crippen LogP contribution in [0.1, 0.15) is 34.6 Å². The fourth-order valence-corrected chi connectivity index (χ4v) is 1.76. The molecule has 0 N–H and O–H groups in total. The van der Waals surface area contributed by atoms with Gasteiger partial charge in [0, 0.05) is 33.7 Å². The van der Waals surface area contributed by atoms with E-state index in [1.54, 1.807) is 14.0 Å². The second kappa shape index (κ2) is 11.9. The number of rotatable bonds is 2. The topological polar surface area (TPSA) is 32.8 Å². The summed E-state index contributed by atoms with van der Waals surface area (Å²) in [5, 5.41) is 0. The molecule has 4 nitrogen and oxygen atoms in total. The Hall–Kier alpha value is -0.610. The van der Waals surface area contributed by atoms with Gasteiger partial charge in [0.25, 0.3) is 0 Å². The SMILES string of the molecule is CC.CC.COCC1CN(C)CCN1C(C)=O. The largest absolute Gasteiger partial charge is 0.382 e. The van der Waals surface area contributed by atoms with E-state index in [1.807, 2.05) is 32.6 Å². The number of likely N-dealkylation sites (N-methyl/N-ethyl adjacent to an activating group) is 1. The molecular formula is C13H30N2O2. The summed E-state index contributed by atoms with van der Waals surface area (Å²) in [5.74, 6) is 0.148. The number of hydrogen-bond donors (Lipinski definition) is 0. The van der Waals surface area contributed by atoms with Gasteiger partial charge in [0.2, 0.25) is 5.91 Å². The van der Waals surface area contributed by atoms with Crippen molar-refractivity contribution in [1.82, 2.24) is 9.80 Å². The maximum atomic E-state index is 11.2. The van der Waals surface area contributed by atoms with E-state index in [4.69, 9.17) is 4.74 Å². The van der Waals surface area contributed by atoms with E-state index < -0.39 is 0 Å². The van der Waals surface area contributed by atoms with Crippen LogP contribution in [-0.4, -0.2) is 62.1 Å². The van der Waals surface area contributed by atoms with Crippen LogP contribution in [0, 0.1) is 0 Å². The van der Waals surface area contributed by atoms with Gasteiger partial charge < -0.3 is 14.5 Å². The number of carbonyl (C=O) groups excluding carboxylic acids is 1. The number of piperazine rings is 1. The first-order valence-electron chi connectivity index (χ1n) is 6.60. The molecular weight excluding hydrogens is 216 g/mol. The summed E-state index contributed by atoms with van der Waals surface area (Å²) in [6, 6.07) is 0.223. The Morgan fingerprint density at radius 3 is 2.18 bits per heavy atom. The minimum absolute atomic E-state index is 0.148. The third-order valence-corrected chi connectivity index (χ3v) is 2.45. The van der Waals surface area contributed by atoms with Crippen LogP contribution in [0.4, 0.5) is 0 Å². The average Bonchev–Trinajstić information content (AvgIpc) is 2.34. The van der Waals surface area contributed by atoms with E-state index in [1.165, 1.54) is 0 Å². The van der Waals surface area contributed by atoms with Crippen LogP contribution >= 0.6 is 0 Å². The second-order valence-corrected chi connectivity index (χ2v) is 3.58. The lowest BCUT2D eigenvalue weighted by Gasteiger charge is -2.39. The fourth-order valence-electron chi connectivity index (χ4n) is 1.76. The van der Waals surface area contributed by atoms with Gasteiger partial charge in [0.15, 0.2) is 0 Å². The maximum Gasteiger partial charge on any atom is 0.219 e. The predicted molar refractivity (Wildman–Crippen MR) is 73.2 cm³/mol. The summed E-state index contributed by atoms with van der Waals surface area (Å²) >= 11 is 0. The molecule has 1 aliphatic heterocycles. The second-order valence-electron chi connectivity index (χ2n) is 3.58. The van der Waals surface area contributed by atoms with Crippen molar-refractivity contribution in [2.45, 2.75) is 40.7 Å². The minimum atomic E-state index is 0.148. The predicted octanol–water partition coefficient (Wildman–Crippen LogP) is 1.85. The Balaban J connectivity index is 0. The quantitative estimate of drug-likeness (QED) is 0.745. The van der Waals surface area contributed by atoms with Crippen LogP contribution in [0.15, 0.2) is 0 Å². The van der Waals surface area contributed by atoms with Crippen molar-refractivity contribution in [2.75, 3.05) is 40.4 Å². The molecule has 1 fully saturated rings. The molecule has 1 amide bonds. The van der Waals surface area contributed by atoms with Crippen molar-refractivity contribution in [3.8, 4) is 0 Å². The van der Waals surface area contributed by atoms with Crippen LogP contribution in [0.2, 0.25) is 0 Å². The first-order valence-corrected chi connectivity index (χ1v) is 6.60. The Morgan fingerprint density at radius 2 is 1.76 bits per heavy atom. The molecule has 0 spiro atoms. The van der Waals surface area contributed by atoms with Crippen molar-refractivity contribution >= 4 is 5.91 Å². The molecule has 0 radical (unpaired) electrons. The molecule has 0 aromatic rings. The van der Waals surface area contributed by atoms with Gasteiger partial charge in [0.05, 0.1) is 12.6 Å². The lowest BCUT2D eigenvalue weighted by atomic mass is 10.2. The summed E-state index contributed by atoms with van der Waals surface area (Å²) in [6.45, 7) is 12.9. The zero-order valence-electron chi connectivity index (χ0n) is 12.6. The highest BCUT2D eigenvalue weighted by molar-refractivity contribution is 5.73. The molecule has 1 saturated heterocycles. The zero-order valence-corrected chi connectivity index (χ0v) is 12.6. The Kier molecular flexibility index (Phi) is 13.1. The zero-order chi connectivity index (χ0) is 13.8. The first kappa shape index (κ1) is 18.7. The van der Waals surface area contributed by atoms with Crippen LogP contribution in [0.25, 0.3) is 0 Å². The van der Waals surface area contributed by atoms with Crippen molar-refractivity contribution in [3.63, 3.8) is 0 Å². The summed E-state index contributed by atoms with van der Waals surface area (Å²) in [7, 11) is 3.74. The molecule has 1 unspecified atom stereocenters. The molecule has 4 heteroatoms. The molecule has 0 bridgehead atoms. The highest BCUT2D eigenvalue weighted by atomic mass is 16.5. The van der Waals surface area contributed by atoms with Gasteiger partial charge in [-0.1, -0.05) is 27.7 Å². The lowest BCUT2D eigenvalue weighted by molar-refractivity contribution is -0.134. The van der Waals surface area contributed by atoms with Gasteiger partial charge in [-0.05, 0) is 7.05 Å². The molecule has 0 aliphatic carbocycles. The number of methoxy groups -OCH3 is 1. The van der Waals surface area contributed by atoms with Gasteiger partial charge in [-0.2, -0.15) is 0 Å². The molecule has 17 heavy (non-hydrogen) atoms. The lowest BCUT2D eigenvalue weighted by Crippen LogP contribution is -2.55. The first-order chi connectivity index (χ1) is 8.15. The van der Waals surface area contributed by atoms with Gasteiger partial charge in [0.1, 0.15) is 0 Å². The smallest absolute Gasteiger partial charge is 0.219 e. The highest BCUT2D eigenvalue weighted by Gasteiger charge is 2.26. The summed E-state index contributed by atoms with van der Waals surface area (Å²) in [6.07, 6.45) is 0. The Morgan fingerprint density at radius 1 is 1.24 bits per heavy atom. The van der Waals surface area contributed by atoms with Crippen LogP contribution in [0.3, 0.4) is 0 Å². The molecule has 1 atom stereocenters. The monoisotopic (exact) mass is 246 g/mol. The molecule has 0 aromatic carbocycles.